The molecule has 26 heavy (non-hydrogen) atoms. The lowest BCUT2D eigenvalue weighted by Crippen LogP contribution is -2.26. The Morgan fingerprint density at radius 2 is 1.92 bits per heavy atom. The van der Waals surface area contributed by atoms with Crippen LogP contribution in [0.25, 0.3) is 0 Å². The molecular weight excluding hydrogens is 356 g/mol. The van der Waals surface area contributed by atoms with Crippen LogP contribution in [0.4, 0.5) is 0 Å². The first-order valence-corrected chi connectivity index (χ1v) is 10.4. The molecule has 0 aliphatic heterocycles. The Morgan fingerprint density at radius 3 is 2.62 bits per heavy atom. The van der Waals surface area contributed by atoms with Gasteiger partial charge in [-0.2, -0.15) is 0 Å². The normalized spacial score (nSPS) is 31.5. The predicted octanol–water partition coefficient (Wildman–Crippen LogP) is 3.36. The van der Waals surface area contributed by atoms with E-state index in [-0.39, 0.29) is 36.5 Å². The Bertz CT molecular complexity index is 449. The second-order valence-corrected chi connectivity index (χ2v) is 8.37. The van der Waals surface area contributed by atoms with Crippen molar-refractivity contribution in [2.24, 2.45) is 17.8 Å². The summed E-state index contributed by atoms with van der Waals surface area (Å²) in [6.07, 6.45) is 11.9. The van der Waals surface area contributed by atoms with Crippen molar-refractivity contribution in [1.82, 2.24) is 0 Å². The average Bonchev–Trinajstić information content (AvgIpc) is 2.89. The van der Waals surface area contributed by atoms with Gasteiger partial charge in [0.15, 0.2) is 0 Å². The number of halogens is 1. The molecule has 0 unspecified atom stereocenters. The number of allylic oxidation sites excluding steroid dienone is 1. The van der Waals surface area contributed by atoms with Crippen LogP contribution < -0.4 is 0 Å². The van der Waals surface area contributed by atoms with Crippen LogP contribution in [0.5, 0.6) is 0 Å². The van der Waals surface area contributed by atoms with Gasteiger partial charge in [0.05, 0.1) is 18.8 Å². The molecule has 0 aromatic heterocycles. The number of hydrogen-bond donors (Lipinski definition) is 3. The maximum Gasteiger partial charge on any atom is 0.329 e. The Labute approximate surface area is 161 Å². The number of alkyl halides is 1. The van der Waals surface area contributed by atoms with Crippen LogP contribution in [0.3, 0.4) is 0 Å². The first-order valence-electron chi connectivity index (χ1n) is 9.93. The van der Waals surface area contributed by atoms with Crippen LogP contribution in [0, 0.1) is 17.8 Å². The molecule has 0 bridgehead atoms. The number of hydrogen-bond acceptors (Lipinski definition) is 4. The third-order valence-electron chi connectivity index (χ3n) is 5.98. The van der Waals surface area contributed by atoms with E-state index in [4.69, 9.17) is 21.4 Å². The molecule has 2 aliphatic rings. The largest absolute Gasteiger partial charge is 0.480 e. The Morgan fingerprint density at radius 1 is 1.19 bits per heavy atom. The quantitative estimate of drug-likeness (QED) is 0.303. The van der Waals surface area contributed by atoms with Crippen molar-refractivity contribution in [2.75, 3.05) is 13.2 Å². The summed E-state index contributed by atoms with van der Waals surface area (Å²) in [5, 5.41) is 29.3. The van der Waals surface area contributed by atoms with Crippen molar-refractivity contribution >= 4 is 17.6 Å². The molecule has 150 valence electrons. The van der Waals surface area contributed by atoms with E-state index in [0.29, 0.717) is 12.3 Å². The van der Waals surface area contributed by atoms with E-state index in [9.17, 15) is 15.0 Å². The highest BCUT2D eigenvalue weighted by molar-refractivity contribution is 6.21. The molecule has 0 amide bonds. The summed E-state index contributed by atoms with van der Waals surface area (Å²) in [6.45, 7) is -0.0358. The van der Waals surface area contributed by atoms with Gasteiger partial charge in [0, 0.05) is 5.38 Å². The van der Waals surface area contributed by atoms with Gasteiger partial charge in [0.2, 0.25) is 0 Å². The second kappa shape index (κ2) is 11.3. The first kappa shape index (κ1) is 21.7. The van der Waals surface area contributed by atoms with Crippen LogP contribution in [-0.2, 0) is 9.53 Å². The number of carboxylic acids is 1. The maximum absolute atomic E-state index is 10.5. The highest BCUT2D eigenvalue weighted by Crippen LogP contribution is 2.42. The van der Waals surface area contributed by atoms with Crippen molar-refractivity contribution in [3.8, 4) is 0 Å². The van der Waals surface area contributed by atoms with Crippen molar-refractivity contribution in [1.29, 1.82) is 0 Å². The summed E-state index contributed by atoms with van der Waals surface area (Å²) < 4.78 is 4.98. The summed E-state index contributed by atoms with van der Waals surface area (Å²) in [7, 11) is 0. The van der Waals surface area contributed by atoms with Gasteiger partial charge in [-0.15, -0.1) is 11.6 Å². The summed E-state index contributed by atoms with van der Waals surface area (Å²) in [5.74, 6) is -0.269. The van der Waals surface area contributed by atoms with Gasteiger partial charge < -0.3 is 20.1 Å². The van der Waals surface area contributed by atoms with E-state index in [1.54, 1.807) is 0 Å². The third kappa shape index (κ3) is 6.84. The molecule has 5 atom stereocenters. The minimum atomic E-state index is -0.977. The molecule has 0 spiro atoms. The van der Waals surface area contributed by atoms with E-state index >= 15 is 0 Å². The number of rotatable bonds is 10. The number of aliphatic hydroxyl groups is 2. The Hall–Kier alpha value is -0.620. The van der Waals surface area contributed by atoms with Crippen LogP contribution in [0.2, 0.25) is 0 Å². The van der Waals surface area contributed by atoms with E-state index in [0.717, 1.165) is 32.1 Å². The fourth-order valence-electron chi connectivity index (χ4n) is 4.52. The molecule has 5 nitrogen and oxygen atoms in total. The monoisotopic (exact) mass is 388 g/mol. The zero-order chi connectivity index (χ0) is 18.9. The Balaban J connectivity index is 1.77. The molecule has 2 rings (SSSR count). The van der Waals surface area contributed by atoms with Gasteiger partial charge in [-0.25, -0.2) is 4.79 Å². The molecule has 6 heteroatoms. The van der Waals surface area contributed by atoms with Gasteiger partial charge in [-0.05, 0) is 56.3 Å². The maximum atomic E-state index is 10.5. The summed E-state index contributed by atoms with van der Waals surface area (Å²) in [6, 6.07) is 0. The van der Waals surface area contributed by atoms with Crippen molar-refractivity contribution in [3.63, 3.8) is 0 Å². The molecule has 2 aliphatic carbocycles. The van der Waals surface area contributed by atoms with Crippen molar-refractivity contribution in [2.45, 2.75) is 75.4 Å². The topological polar surface area (TPSA) is 87.0 Å². The minimum Gasteiger partial charge on any atom is -0.480 e. The van der Waals surface area contributed by atoms with Gasteiger partial charge in [0.1, 0.15) is 6.61 Å². The fraction of sp³-hybridized carbons (Fsp3) is 0.850. The van der Waals surface area contributed by atoms with Gasteiger partial charge in [-0.1, -0.05) is 31.4 Å². The van der Waals surface area contributed by atoms with Crippen molar-refractivity contribution < 1.29 is 24.9 Å². The molecule has 0 aromatic rings. The number of carbonyl (C=O) groups is 1. The van der Waals surface area contributed by atoms with E-state index < -0.39 is 12.1 Å². The summed E-state index contributed by atoms with van der Waals surface area (Å²) >= 11 is 6.45. The zero-order valence-corrected chi connectivity index (χ0v) is 16.2. The fourth-order valence-corrected chi connectivity index (χ4v) is 4.99. The van der Waals surface area contributed by atoms with Crippen molar-refractivity contribution in [3.05, 3.63) is 12.2 Å². The number of aliphatic carboxylic acids is 1. The highest BCUT2D eigenvalue weighted by Gasteiger charge is 2.40. The number of carboxylic acid groups (broad SMARTS) is 1. The number of aliphatic hydroxyl groups excluding tert-OH is 2. The summed E-state index contributed by atoms with van der Waals surface area (Å²) in [5.41, 5.74) is 0. The van der Waals surface area contributed by atoms with E-state index in [1.165, 1.54) is 19.3 Å². The predicted molar refractivity (Wildman–Crippen MR) is 101 cm³/mol. The third-order valence-corrected chi connectivity index (χ3v) is 6.48. The molecule has 3 N–H and O–H groups in total. The van der Waals surface area contributed by atoms with Crippen LogP contribution >= 0.6 is 11.6 Å². The molecule has 0 saturated heterocycles. The lowest BCUT2D eigenvalue weighted by molar-refractivity contribution is -0.141. The van der Waals surface area contributed by atoms with E-state index in [2.05, 4.69) is 0 Å². The van der Waals surface area contributed by atoms with Crippen LogP contribution in [0.15, 0.2) is 12.2 Å². The van der Waals surface area contributed by atoms with Gasteiger partial charge in [0.25, 0.3) is 0 Å². The average molecular weight is 389 g/mol. The molecule has 0 radical (unpaired) electrons. The molecule has 2 saturated carbocycles. The SMILES string of the molecule is O=C(O)COCC=CC[C@@H]1[C@@H](CC[C@@H](O)C2CCCCC2)[C@H](O)C[C@H]1Cl. The summed E-state index contributed by atoms with van der Waals surface area (Å²) in [4.78, 5) is 10.4. The molecular formula is C20H33ClO5. The Kier molecular flexibility index (Phi) is 9.40. The van der Waals surface area contributed by atoms with Crippen LogP contribution in [0.1, 0.15) is 57.8 Å². The smallest absolute Gasteiger partial charge is 0.329 e. The molecule has 0 heterocycles. The standard InChI is InChI=1S/C20H33ClO5/c21-17-12-19(23)16(9-10-18(22)14-6-2-1-3-7-14)15(17)8-4-5-11-26-13-20(24)25/h4-5,14-19,22-23H,1-3,6-13H2,(H,24,25)/t15-,16-,17-,18-,19-/m1/s1. The second-order valence-electron chi connectivity index (χ2n) is 7.81. The highest BCUT2D eigenvalue weighted by atomic mass is 35.5. The lowest BCUT2D eigenvalue weighted by Gasteiger charge is -2.29. The van der Waals surface area contributed by atoms with Gasteiger partial charge >= 0.3 is 5.97 Å². The first-order chi connectivity index (χ1) is 12.5. The van der Waals surface area contributed by atoms with E-state index in [1.807, 2.05) is 12.2 Å². The zero-order valence-electron chi connectivity index (χ0n) is 15.4. The minimum absolute atomic E-state index is 0.0635. The molecule has 2 fully saturated rings. The van der Waals surface area contributed by atoms with Gasteiger partial charge in [-0.3, -0.25) is 0 Å². The molecule has 0 aromatic carbocycles. The lowest BCUT2D eigenvalue weighted by atomic mass is 9.81. The number of ether oxygens (including phenoxy) is 1. The van der Waals surface area contributed by atoms with Crippen LogP contribution in [-0.4, -0.2) is 52.1 Å².